The molecule has 4 rings (SSSR count). The third kappa shape index (κ3) is 4.81. The number of piperidine rings is 1. The van der Waals surface area contributed by atoms with Gasteiger partial charge in [-0.1, -0.05) is 0 Å². The summed E-state index contributed by atoms with van der Waals surface area (Å²) in [6.07, 6.45) is 5.25. The molecule has 0 spiro atoms. The Hall–Kier alpha value is -3.51. The average molecular weight is 449 g/mol. The summed E-state index contributed by atoms with van der Waals surface area (Å²) >= 11 is 0. The fourth-order valence-corrected chi connectivity index (χ4v) is 4.27. The minimum atomic E-state index is -0.208. The largest absolute Gasteiger partial charge is 0.382 e. The highest BCUT2D eigenvalue weighted by molar-refractivity contribution is 5.63. The van der Waals surface area contributed by atoms with E-state index in [1.165, 1.54) is 12.4 Å². The first kappa shape index (κ1) is 22.7. The maximum Gasteiger partial charge on any atom is 0.152 e. The molecule has 0 saturated carbocycles. The zero-order valence-corrected chi connectivity index (χ0v) is 19.3. The smallest absolute Gasteiger partial charge is 0.152 e. The van der Waals surface area contributed by atoms with Gasteiger partial charge in [-0.15, -0.1) is 0 Å². The SMILES string of the molecule is Cc1cc(-c2cn(CCN(C)C)c(C3CCN(c4ncnc(N)c4C#N)CC3)n2)ccc1F. The molecule has 8 nitrogen and oxygen atoms in total. The van der Waals surface area contributed by atoms with Crippen LogP contribution >= 0.6 is 0 Å². The molecule has 33 heavy (non-hydrogen) atoms. The summed E-state index contributed by atoms with van der Waals surface area (Å²) in [7, 11) is 4.11. The van der Waals surface area contributed by atoms with Gasteiger partial charge < -0.3 is 20.1 Å². The maximum atomic E-state index is 13.8. The lowest BCUT2D eigenvalue weighted by atomic mass is 9.95. The Kier molecular flexibility index (Phi) is 6.56. The molecule has 1 aromatic carbocycles. The van der Waals surface area contributed by atoms with Crippen molar-refractivity contribution in [1.82, 2.24) is 24.4 Å². The number of rotatable bonds is 6. The molecule has 0 bridgehead atoms. The summed E-state index contributed by atoms with van der Waals surface area (Å²) < 4.78 is 16.0. The van der Waals surface area contributed by atoms with Gasteiger partial charge in [0.15, 0.2) is 5.82 Å². The lowest BCUT2D eigenvalue weighted by Gasteiger charge is -2.33. The van der Waals surface area contributed by atoms with Crippen LogP contribution in [0, 0.1) is 24.1 Å². The standard InChI is InChI=1S/C24H29FN8/c1-16-12-18(4-5-20(16)25)21-14-33(11-10-31(2)3)23(30-21)17-6-8-32(9-7-17)24-19(13-26)22(27)28-15-29-24/h4-5,12,14-15,17H,6-11H2,1-3H3,(H2,27,28,29). The summed E-state index contributed by atoms with van der Waals surface area (Å²) in [6.45, 7) is 5.00. The molecule has 0 unspecified atom stereocenters. The van der Waals surface area contributed by atoms with Gasteiger partial charge in [-0.3, -0.25) is 0 Å². The highest BCUT2D eigenvalue weighted by atomic mass is 19.1. The Morgan fingerprint density at radius 1 is 1.24 bits per heavy atom. The topological polar surface area (TPSA) is 99.9 Å². The second-order valence-corrected chi connectivity index (χ2v) is 8.78. The molecule has 1 aliphatic rings. The molecule has 1 saturated heterocycles. The van der Waals surface area contributed by atoms with Gasteiger partial charge in [-0.2, -0.15) is 5.26 Å². The first-order chi connectivity index (χ1) is 15.9. The number of benzene rings is 1. The number of hydrogen-bond acceptors (Lipinski definition) is 7. The molecule has 9 heteroatoms. The maximum absolute atomic E-state index is 13.8. The predicted molar refractivity (Wildman–Crippen MR) is 126 cm³/mol. The highest BCUT2D eigenvalue weighted by Gasteiger charge is 2.27. The van der Waals surface area contributed by atoms with E-state index in [2.05, 4.69) is 50.7 Å². The minimum absolute atomic E-state index is 0.208. The van der Waals surface area contributed by atoms with Crippen molar-refractivity contribution in [3.63, 3.8) is 0 Å². The van der Waals surface area contributed by atoms with E-state index in [1.54, 1.807) is 13.0 Å². The predicted octanol–water partition coefficient (Wildman–Crippen LogP) is 3.19. The van der Waals surface area contributed by atoms with Gasteiger partial charge in [-0.25, -0.2) is 19.3 Å². The zero-order chi connectivity index (χ0) is 23.5. The zero-order valence-electron chi connectivity index (χ0n) is 19.3. The van der Waals surface area contributed by atoms with E-state index in [0.29, 0.717) is 16.9 Å². The van der Waals surface area contributed by atoms with Crippen LogP contribution < -0.4 is 10.6 Å². The summed E-state index contributed by atoms with van der Waals surface area (Å²) in [5, 5.41) is 9.47. The van der Waals surface area contributed by atoms with Crippen LogP contribution in [-0.4, -0.2) is 58.1 Å². The highest BCUT2D eigenvalue weighted by Crippen LogP contribution is 2.33. The van der Waals surface area contributed by atoms with Crippen molar-refractivity contribution < 1.29 is 4.39 Å². The van der Waals surface area contributed by atoms with E-state index in [0.717, 1.165) is 56.1 Å². The van der Waals surface area contributed by atoms with E-state index < -0.39 is 0 Å². The van der Waals surface area contributed by atoms with Crippen LogP contribution in [0.15, 0.2) is 30.7 Å². The molecule has 0 aliphatic carbocycles. The first-order valence-electron chi connectivity index (χ1n) is 11.1. The Labute approximate surface area is 193 Å². The molecule has 172 valence electrons. The van der Waals surface area contributed by atoms with Gasteiger partial charge in [0, 0.05) is 43.9 Å². The molecule has 0 radical (unpaired) electrons. The third-order valence-electron chi connectivity index (χ3n) is 6.18. The van der Waals surface area contributed by atoms with Crippen molar-refractivity contribution in [2.75, 3.05) is 44.4 Å². The molecule has 0 amide bonds. The Morgan fingerprint density at radius 2 is 2.00 bits per heavy atom. The van der Waals surface area contributed by atoms with Crippen LogP contribution in [0.3, 0.4) is 0 Å². The van der Waals surface area contributed by atoms with E-state index in [-0.39, 0.29) is 17.6 Å². The quantitative estimate of drug-likeness (QED) is 0.618. The summed E-state index contributed by atoms with van der Waals surface area (Å²) in [5.74, 6) is 1.94. The van der Waals surface area contributed by atoms with Crippen molar-refractivity contribution in [1.29, 1.82) is 5.26 Å². The fraction of sp³-hybridized carbons (Fsp3) is 0.417. The lowest BCUT2D eigenvalue weighted by Crippen LogP contribution is -2.35. The number of likely N-dealkylation sites (N-methyl/N-ethyl adjacent to an activating group) is 1. The monoisotopic (exact) mass is 448 g/mol. The Bertz CT molecular complexity index is 1170. The number of hydrogen-bond donors (Lipinski definition) is 1. The van der Waals surface area contributed by atoms with Crippen LogP contribution in [0.1, 0.15) is 35.7 Å². The van der Waals surface area contributed by atoms with Crippen molar-refractivity contribution in [3.8, 4) is 17.3 Å². The third-order valence-corrected chi connectivity index (χ3v) is 6.18. The summed E-state index contributed by atoms with van der Waals surface area (Å²) in [5.41, 5.74) is 8.60. The number of aryl methyl sites for hydroxylation is 1. The average Bonchev–Trinajstić information content (AvgIpc) is 3.23. The van der Waals surface area contributed by atoms with Gasteiger partial charge in [0.2, 0.25) is 0 Å². The van der Waals surface area contributed by atoms with Crippen molar-refractivity contribution in [2.24, 2.45) is 0 Å². The van der Waals surface area contributed by atoms with E-state index in [9.17, 15) is 9.65 Å². The van der Waals surface area contributed by atoms with E-state index in [1.807, 2.05) is 6.07 Å². The molecule has 0 atom stereocenters. The number of anilines is 2. The van der Waals surface area contributed by atoms with Gasteiger partial charge in [0.1, 0.15) is 35.4 Å². The van der Waals surface area contributed by atoms with Crippen LogP contribution in [-0.2, 0) is 6.54 Å². The Balaban J connectivity index is 1.58. The normalized spacial score (nSPS) is 14.6. The summed E-state index contributed by atoms with van der Waals surface area (Å²) in [6, 6.07) is 7.27. The number of nitrogen functional groups attached to an aromatic ring is 1. The fourth-order valence-electron chi connectivity index (χ4n) is 4.27. The Morgan fingerprint density at radius 3 is 2.67 bits per heavy atom. The van der Waals surface area contributed by atoms with Crippen LogP contribution in [0.4, 0.5) is 16.0 Å². The van der Waals surface area contributed by atoms with Crippen molar-refractivity contribution >= 4 is 11.6 Å². The van der Waals surface area contributed by atoms with Crippen molar-refractivity contribution in [3.05, 3.63) is 53.5 Å². The number of nitrogens with zero attached hydrogens (tertiary/aromatic N) is 7. The van der Waals surface area contributed by atoms with Gasteiger partial charge >= 0.3 is 0 Å². The molecule has 1 aliphatic heterocycles. The molecule has 3 aromatic rings. The molecule has 3 heterocycles. The van der Waals surface area contributed by atoms with Crippen LogP contribution in [0.5, 0.6) is 0 Å². The van der Waals surface area contributed by atoms with Crippen LogP contribution in [0.25, 0.3) is 11.3 Å². The number of nitrogens with two attached hydrogens (primary N) is 1. The van der Waals surface area contributed by atoms with Crippen molar-refractivity contribution in [2.45, 2.75) is 32.2 Å². The van der Waals surface area contributed by atoms with E-state index in [4.69, 9.17) is 10.7 Å². The molecule has 2 N–H and O–H groups in total. The number of imidazole rings is 1. The molecule has 1 fully saturated rings. The van der Waals surface area contributed by atoms with Gasteiger partial charge in [0.05, 0.1) is 5.69 Å². The molecule has 2 aromatic heterocycles. The molecular formula is C24H29FN8. The second-order valence-electron chi connectivity index (χ2n) is 8.78. The van der Waals surface area contributed by atoms with Crippen LogP contribution in [0.2, 0.25) is 0 Å². The number of aromatic nitrogens is 4. The lowest BCUT2D eigenvalue weighted by molar-refractivity contribution is 0.372. The number of halogens is 1. The number of nitriles is 1. The second kappa shape index (κ2) is 9.55. The minimum Gasteiger partial charge on any atom is -0.382 e. The van der Waals surface area contributed by atoms with Gasteiger partial charge in [0.25, 0.3) is 0 Å². The first-order valence-corrected chi connectivity index (χ1v) is 11.1. The van der Waals surface area contributed by atoms with Gasteiger partial charge in [-0.05, 0) is 57.6 Å². The van der Waals surface area contributed by atoms with E-state index >= 15 is 0 Å². The summed E-state index contributed by atoms with van der Waals surface area (Å²) in [4.78, 5) is 17.5. The molecular weight excluding hydrogens is 419 g/mol.